The summed E-state index contributed by atoms with van der Waals surface area (Å²) < 4.78 is 0. The van der Waals surface area contributed by atoms with Crippen LogP contribution in [-0.4, -0.2) is 29.2 Å². The highest BCUT2D eigenvalue weighted by Gasteiger charge is 2.32. The predicted molar refractivity (Wildman–Crippen MR) is 71.9 cm³/mol. The van der Waals surface area contributed by atoms with Crippen LogP contribution in [0.3, 0.4) is 0 Å². The number of hydrogen-bond acceptors (Lipinski definition) is 2. The van der Waals surface area contributed by atoms with Gasteiger partial charge in [0.25, 0.3) is 0 Å². The molecule has 4 atom stereocenters. The topological polar surface area (TPSA) is 78.4 Å². The Labute approximate surface area is 114 Å². The molecule has 0 aromatic heterocycles. The first-order chi connectivity index (χ1) is 9.08. The standard InChI is InChI=1S/C14H24N2O3/c1-9-5-4-8-11(9)15-14(19)16-12-7-3-2-6-10(12)13(17)18/h9-12H,2-8H2,1H3,(H,17,18)(H2,15,16,19). The van der Waals surface area contributed by atoms with E-state index in [-0.39, 0.29) is 18.1 Å². The summed E-state index contributed by atoms with van der Waals surface area (Å²) in [5, 5.41) is 15.0. The van der Waals surface area contributed by atoms with Gasteiger partial charge in [-0.05, 0) is 31.6 Å². The van der Waals surface area contributed by atoms with Crippen molar-refractivity contribution in [2.45, 2.75) is 64.0 Å². The van der Waals surface area contributed by atoms with Gasteiger partial charge in [0, 0.05) is 12.1 Å². The average Bonchev–Trinajstić information content (AvgIpc) is 2.75. The van der Waals surface area contributed by atoms with E-state index in [0.29, 0.717) is 12.3 Å². The minimum Gasteiger partial charge on any atom is -0.481 e. The van der Waals surface area contributed by atoms with Gasteiger partial charge >= 0.3 is 12.0 Å². The largest absolute Gasteiger partial charge is 0.481 e. The van der Waals surface area contributed by atoms with Crippen molar-refractivity contribution in [3.63, 3.8) is 0 Å². The Balaban J connectivity index is 1.84. The van der Waals surface area contributed by atoms with Crippen LogP contribution in [0.1, 0.15) is 51.9 Å². The Hall–Kier alpha value is -1.26. The Morgan fingerprint density at radius 3 is 2.21 bits per heavy atom. The van der Waals surface area contributed by atoms with Crippen molar-refractivity contribution in [3.8, 4) is 0 Å². The van der Waals surface area contributed by atoms with Crippen LogP contribution in [0.15, 0.2) is 0 Å². The van der Waals surface area contributed by atoms with E-state index in [4.69, 9.17) is 0 Å². The first-order valence-electron chi connectivity index (χ1n) is 7.37. The minimum absolute atomic E-state index is 0.197. The maximum Gasteiger partial charge on any atom is 0.315 e. The molecule has 0 heterocycles. The van der Waals surface area contributed by atoms with Crippen LogP contribution in [0.5, 0.6) is 0 Å². The molecule has 0 saturated heterocycles. The Bertz CT molecular complexity index is 346. The number of carboxylic acids is 1. The van der Waals surface area contributed by atoms with Crippen molar-refractivity contribution in [2.24, 2.45) is 11.8 Å². The molecule has 0 spiro atoms. The summed E-state index contributed by atoms with van der Waals surface area (Å²) >= 11 is 0. The van der Waals surface area contributed by atoms with Crippen LogP contribution in [0.25, 0.3) is 0 Å². The number of carboxylic acid groups (broad SMARTS) is 1. The smallest absolute Gasteiger partial charge is 0.315 e. The summed E-state index contributed by atoms with van der Waals surface area (Å²) in [4.78, 5) is 23.1. The van der Waals surface area contributed by atoms with Gasteiger partial charge in [0.1, 0.15) is 0 Å². The molecule has 4 unspecified atom stereocenters. The molecule has 0 radical (unpaired) electrons. The summed E-state index contributed by atoms with van der Waals surface area (Å²) in [6.07, 6.45) is 6.72. The third kappa shape index (κ3) is 3.61. The van der Waals surface area contributed by atoms with Crippen LogP contribution in [0.4, 0.5) is 4.79 Å². The first kappa shape index (κ1) is 14.2. The zero-order valence-corrected chi connectivity index (χ0v) is 11.5. The second-order valence-corrected chi connectivity index (χ2v) is 5.97. The van der Waals surface area contributed by atoms with Crippen LogP contribution in [0, 0.1) is 11.8 Å². The van der Waals surface area contributed by atoms with Crippen molar-refractivity contribution in [3.05, 3.63) is 0 Å². The highest BCUT2D eigenvalue weighted by atomic mass is 16.4. The second-order valence-electron chi connectivity index (χ2n) is 5.97. The molecule has 2 aliphatic rings. The molecule has 5 nitrogen and oxygen atoms in total. The lowest BCUT2D eigenvalue weighted by Gasteiger charge is -2.30. The fraction of sp³-hybridized carbons (Fsp3) is 0.857. The zero-order valence-electron chi connectivity index (χ0n) is 11.5. The number of carbonyl (C=O) groups is 2. The predicted octanol–water partition coefficient (Wildman–Crippen LogP) is 2.12. The van der Waals surface area contributed by atoms with Crippen molar-refractivity contribution >= 4 is 12.0 Å². The van der Waals surface area contributed by atoms with Crippen molar-refractivity contribution in [1.29, 1.82) is 0 Å². The third-order valence-electron chi connectivity index (χ3n) is 4.58. The van der Waals surface area contributed by atoms with E-state index in [0.717, 1.165) is 38.5 Å². The van der Waals surface area contributed by atoms with E-state index in [1.807, 2.05) is 0 Å². The lowest BCUT2D eigenvalue weighted by Crippen LogP contribution is -2.51. The number of aliphatic carboxylic acids is 1. The molecule has 0 bridgehead atoms. The van der Waals surface area contributed by atoms with E-state index in [1.165, 1.54) is 0 Å². The van der Waals surface area contributed by atoms with E-state index < -0.39 is 11.9 Å². The average molecular weight is 268 g/mol. The van der Waals surface area contributed by atoms with Gasteiger partial charge in [-0.3, -0.25) is 4.79 Å². The fourth-order valence-corrected chi connectivity index (χ4v) is 3.34. The molecule has 2 rings (SSSR count). The fourth-order valence-electron chi connectivity index (χ4n) is 3.34. The molecule has 0 aliphatic heterocycles. The molecule has 0 aromatic carbocycles. The van der Waals surface area contributed by atoms with E-state index in [9.17, 15) is 14.7 Å². The van der Waals surface area contributed by atoms with E-state index in [1.54, 1.807) is 0 Å². The molecule has 5 heteroatoms. The van der Waals surface area contributed by atoms with Gasteiger partial charge in [0.15, 0.2) is 0 Å². The zero-order chi connectivity index (χ0) is 13.8. The third-order valence-corrected chi connectivity index (χ3v) is 4.58. The Morgan fingerprint density at radius 2 is 1.58 bits per heavy atom. The van der Waals surface area contributed by atoms with Gasteiger partial charge in [-0.1, -0.05) is 26.2 Å². The van der Waals surface area contributed by atoms with Gasteiger partial charge in [0.2, 0.25) is 0 Å². The number of hydrogen-bond donors (Lipinski definition) is 3. The molecule has 3 N–H and O–H groups in total. The van der Waals surface area contributed by atoms with Crippen molar-refractivity contribution < 1.29 is 14.7 Å². The van der Waals surface area contributed by atoms with Gasteiger partial charge in [-0.25, -0.2) is 4.79 Å². The summed E-state index contributed by atoms with van der Waals surface area (Å²) in [7, 11) is 0. The number of nitrogens with one attached hydrogen (secondary N) is 2. The van der Waals surface area contributed by atoms with E-state index >= 15 is 0 Å². The Kier molecular flexibility index (Phi) is 4.66. The van der Waals surface area contributed by atoms with Gasteiger partial charge in [0.05, 0.1) is 5.92 Å². The normalized spacial score (nSPS) is 34.8. The quantitative estimate of drug-likeness (QED) is 0.733. The highest BCUT2D eigenvalue weighted by molar-refractivity contribution is 5.77. The highest BCUT2D eigenvalue weighted by Crippen LogP contribution is 2.26. The number of carbonyl (C=O) groups excluding carboxylic acids is 1. The molecule has 2 aliphatic carbocycles. The molecule has 0 aromatic rings. The molecule has 19 heavy (non-hydrogen) atoms. The van der Waals surface area contributed by atoms with Gasteiger partial charge in [-0.2, -0.15) is 0 Å². The lowest BCUT2D eigenvalue weighted by atomic mass is 9.84. The first-order valence-corrected chi connectivity index (χ1v) is 7.37. The monoisotopic (exact) mass is 268 g/mol. The summed E-state index contributed by atoms with van der Waals surface area (Å²) in [5.74, 6) is -0.702. The van der Waals surface area contributed by atoms with Gasteiger partial charge in [-0.15, -0.1) is 0 Å². The van der Waals surface area contributed by atoms with Crippen LogP contribution < -0.4 is 10.6 Å². The van der Waals surface area contributed by atoms with Crippen molar-refractivity contribution in [1.82, 2.24) is 10.6 Å². The van der Waals surface area contributed by atoms with Crippen LogP contribution in [-0.2, 0) is 4.79 Å². The maximum atomic E-state index is 12.0. The van der Waals surface area contributed by atoms with Crippen LogP contribution >= 0.6 is 0 Å². The van der Waals surface area contributed by atoms with Gasteiger partial charge < -0.3 is 15.7 Å². The summed E-state index contributed by atoms with van der Waals surface area (Å²) in [5.41, 5.74) is 0. The number of urea groups is 1. The Morgan fingerprint density at radius 1 is 0.947 bits per heavy atom. The molecule has 2 fully saturated rings. The summed E-state index contributed by atoms with van der Waals surface area (Å²) in [6.45, 7) is 2.15. The molecular weight excluding hydrogens is 244 g/mol. The lowest BCUT2D eigenvalue weighted by molar-refractivity contribution is -0.143. The summed E-state index contributed by atoms with van der Waals surface area (Å²) in [6, 6.07) is -0.174. The SMILES string of the molecule is CC1CCCC1NC(=O)NC1CCCCC1C(=O)O. The minimum atomic E-state index is -0.792. The maximum absolute atomic E-state index is 12.0. The molecular formula is C14H24N2O3. The van der Waals surface area contributed by atoms with E-state index in [2.05, 4.69) is 17.6 Å². The number of amides is 2. The number of rotatable bonds is 3. The van der Waals surface area contributed by atoms with Crippen LogP contribution in [0.2, 0.25) is 0 Å². The molecule has 2 amide bonds. The molecule has 108 valence electrons. The van der Waals surface area contributed by atoms with Crippen molar-refractivity contribution in [2.75, 3.05) is 0 Å². The second kappa shape index (κ2) is 6.26. The molecule has 2 saturated carbocycles.